The average Bonchev–Trinajstić information content (AvgIpc) is 2.94. The third kappa shape index (κ3) is 2.78. The summed E-state index contributed by atoms with van der Waals surface area (Å²) in [4.78, 5) is 0. The maximum atomic E-state index is 9.96. The van der Waals surface area contributed by atoms with Gasteiger partial charge >= 0.3 is 0 Å². The van der Waals surface area contributed by atoms with Crippen molar-refractivity contribution in [2.45, 2.75) is 33.2 Å². The predicted molar refractivity (Wildman–Crippen MR) is 73.0 cm³/mol. The van der Waals surface area contributed by atoms with Gasteiger partial charge in [-0.05, 0) is 37.3 Å². The smallest absolute Gasteiger partial charge is 0.124 e. The first-order valence-corrected chi connectivity index (χ1v) is 6.54. The molecule has 1 aromatic carbocycles. The largest absolute Gasteiger partial charge is 0.507 e. The van der Waals surface area contributed by atoms with E-state index in [-0.39, 0.29) is 6.04 Å². The van der Waals surface area contributed by atoms with Gasteiger partial charge in [0.2, 0.25) is 0 Å². The van der Waals surface area contributed by atoms with Gasteiger partial charge in [0.25, 0.3) is 0 Å². The Kier molecular flexibility index (Phi) is 3.53. The van der Waals surface area contributed by atoms with E-state index in [1.54, 1.807) is 13.2 Å². The van der Waals surface area contributed by atoms with E-state index in [0.717, 1.165) is 18.0 Å². The monoisotopic (exact) mass is 249 g/mol. The molecule has 1 saturated carbocycles. The molecule has 1 aliphatic carbocycles. The molecular weight excluding hydrogens is 226 g/mol. The molecule has 100 valence electrons. The van der Waals surface area contributed by atoms with Crippen molar-refractivity contribution in [3.63, 3.8) is 0 Å². The lowest BCUT2D eigenvalue weighted by atomic mass is 10.1. The van der Waals surface area contributed by atoms with Gasteiger partial charge in [-0.25, -0.2) is 0 Å². The van der Waals surface area contributed by atoms with Crippen LogP contribution in [0.4, 0.5) is 0 Å². The van der Waals surface area contributed by atoms with Crippen LogP contribution in [0.5, 0.6) is 11.5 Å². The maximum absolute atomic E-state index is 9.96. The Morgan fingerprint density at radius 3 is 2.67 bits per heavy atom. The summed E-state index contributed by atoms with van der Waals surface area (Å²) in [6.07, 6.45) is 1.29. The third-order valence-corrected chi connectivity index (χ3v) is 4.09. The van der Waals surface area contributed by atoms with Crippen molar-refractivity contribution in [1.29, 1.82) is 0 Å². The Morgan fingerprint density at radius 2 is 2.17 bits per heavy atom. The molecule has 0 heterocycles. The Hall–Kier alpha value is -1.22. The minimum atomic E-state index is 0.160. The fraction of sp³-hybridized carbons (Fsp3) is 0.600. The molecule has 1 aliphatic rings. The number of methoxy groups -OCH3 is 1. The first kappa shape index (κ1) is 13.2. The molecule has 0 radical (unpaired) electrons. The molecule has 0 saturated heterocycles. The number of ether oxygens (including phenoxy) is 1. The summed E-state index contributed by atoms with van der Waals surface area (Å²) in [5.41, 5.74) is 1.42. The van der Waals surface area contributed by atoms with Crippen molar-refractivity contribution in [2.75, 3.05) is 13.7 Å². The van der Waals surface area contributed by atoms with Crippen LogP contribution in [-0.4, -0.2) is 18.8 Å². The number of nitrogens with one attached hydrogen (secondary N) is 1. The molecule has 0 aliphatic heterocycles. The van der Waals surface area contributed by atoms with E-state index in [1.165, 1.54) is 6.42 Å². The molecule has 3 nitrogen and oxygen atoms in total. The lowest BCUT2D eigenvalue weighted by molar-refractivity contribution is 0.403. The van der Waals surface area contributed by atoms with Crippen molar-refractivity contribution in [3.8, 4) is 11.5 Å². The van der Waals surface area contributed by atoms with Crippen LogP contribution in [0.15, 0.2) is 18.2 Å². The molecular formula is C15H23NO2. The zero-order valence-corrected chi connectivity index (χ0v) is 11.7. The molecule has 2 atom stereocenters. The Bertz CT molecular complexity index is 429. The summed E-state index contributed by atoms with van der Waals surface area (Å²) in [7, 11) is 1.60. The number of phenols is 1. The van der Waals surface area contributed by atoms with Crippen LogP contribution < -0.4 is 10.1 Å². The summed E-state index contributed by atoms with van der Waals surface area (Å²) in [5.74, 6) is 1.75. The second-order valence-corrected chi connectivity index (χ2v) is 5.94. The predicted octanol–water partition coefficient (Wildman–Crippen LogP) is 3.10. The van der Waals surface area contributed by atoms with E-state index < -0.39 is 0 Å². The molecule has 1 aromatic rings. The Labute approximate surface area is 109 Å². The Balaban J connectivity index is 1.94. The maximum Gasteiger partial charge on any atom is 0.124 e. The molecule has 18 heavy (non-hydrogen) atoms. The second kappa shape index (κ2) is 4.81. The highest BCUT2D eigenvalue weighted by Gasteiger charge is 2.44. The number of hydrogen-bond acceptors (Lipinski definition) is 3. The van der Waals surface area contributed by atoms with Crippen molar-refractivity contribution in [3.05, 3.63) is 23.8 Å². The molecule has 2 rings (SSSR count). The molecule has 0 bridgehead atoms. The summed E-state index contributed by atoms with van der Waals surface area (Å²) in [6.45, 7) is 7.69. The normalized spacial score (nSPS) is 22.6. The van der Waals surface area contributed by atoms with Crippen molar-refractivity contribution in [1.82, 2.24) is 5.32 Å². The fourth-order valence-corrected chi connectivity index (χ4v) is 2.37. The topological polar surface area (TPSA) is 41.5 Å². The van der Waals surface area contributed by atoms with Gasteiger partial charge in [0.15, 0.2) is 0 Å². The van der Waals surface area contributed by atoms with E-state index in [0.29, 0.717) is 16.9 Å². The van der Waals surface area contributed by atoms with E-state index in [1.807, 2.05) is 12.1 Å². The van der Waals surface area contributed by atoms with Gasteiger partial charge in [-0.3, -0.25) is 0 Å². The zero-order chi connectivity index (χ0) is 13.3. The highest BCUT2D eigenvalue weighted by Crippen LogP contribution is 2.51. The van der Waals surface area contributed by atoms with Crippen LogP contribution in [0.2, 0.25) is 0 Å². The number of benzene rings is 1. The first-order chi connectivity index (χ1) is 8.44. The van der Waals surface area contributed by atoms with Crippen molar-refractivity contribution < 1.29 is 9.84 Å². The van der Waals surface area contributed by atoms with Gasteiger partial charge in [-0.2, -0.15) is 0 Å². The second-order valence-electron chi connectivity index (χ2n) is 5.94. The van der Waals surface area contributed by atoms with E-state index >= 15 is 0 Å². The van der Waals surface area contributed by atoms with Crippen LogP contribution in [0.25, 0.3) is 0 Å². The lowest BCUT2D eigenvalue weighted by Gasteiger charge is -2.16. The van der Waals surface area contributed by atoms with Crippen LogP contribution in [0.3, 0.4) is 0 Å². The molecule has 0 aromatic heterocycles. The minimum Gasteiger partial charge on any atom is -0.507 e. The molecule has 0 spiro atoms. The van der Waals surface area contributed by atoms with Crippen LogP contribution in [0.1, 0.15) is 38.8 Å². The van der Waals surface area contributed by atoms with Gasteiger partial charge in [0.1, 0.15) is 11.5 Å². The SMILES string of the molecule is COc1ccc(C(C)NCC2CC2(C)C)c(O)c1. The van der Waals surface area contributed by atoms with Crippen LogP contribution >= 0.6 is 0 Å². The zero-order valence-electron chi connectivity index (χ0n) is 11.7. The van der Waals surface area contributed by atoms with Crippen molar-refractivity contribution in [2.24, 2.45) is 11.3 Å². The number of phenolic OH excluding ortho intramolecular Hbond substituents is 1. The summed E-state index contributed by atoms with van der Waals surface area (Å²) < 4.78 is 5.08. The van der Waals surface area contributed by atoms with Crippen molar-refractivity contribution >= 4 is 0 Å². The molecule has 2 N–H and O–H groups in total. The summed E-state index contributed by atoms with van der Waals surface area (Å²) in [5, 5.41) is 13.5. The van der Waals surface area contributed by atoms with E-state index in [4.69, 9.17) is 4.74 Å². The van der Waals surface area contributed by atoms with Gasteiger partial charge in [0.05, 0.1) is 7.11 Å². The third-order valence-electron chi connectivity index (χ3n) is 4.09. The highest BCUT2D eigenvalue weighted by atomic mass is 16.5. The average molecular weight is 249 g/mol. The van der Waals surface area contributed by atoms with E-state index in [2.05, 4.69) is 26.1 Å². The van der Waals surface area contributed by atoms with Gasteiger partial charge in [0, 0.05) is 17.7 Å². The minimum absolute atomic E-state index is 0.160. The van der Waals surface area contributed by atoms with Crippen LogP contribution in [-0.2, 0) is 0 Å². The molecule has 3 heteroatoms. The highest BCUT2D eigenvalue weighted by molar-refractivity contribution is 5.41. The molecule has 2 unspecified atom stereocenters. The fourth-order valence-electron chi connectivity index (χ4n) is 2.37. The molecule has 0 amide bonds. The number of aromatic hydroxyl groups is 1. The van der Waals surface area contributed by atoms with E-state index in [9.17, 15) is 5.11 Å². The number of hydrogen-bond donors (Lipinski definition) is 2. The quantitative estimate of drug-likeness (QED) is 0.842. The van der Waals surface area contributed by atoms with Crippen LogP contribution in [0, 0.1) is 11.3 Å². The lowest BCUT2D eigenvalue weighted by Crippen LogP contribution is -2.22. The standard InChI is InChI=1S/C15H23NO2/c1-10(16-9-11-8-15(11,2)3)13-6-5-12(18-4)7-14(13)17/h5-7,10-11,16-17H,8-9H2,1-4H3. The summed E-state index contributed by atoms with van der Waals surface area (Å²) in [6, 6.07) is 5.62. The Morgan fingerprint density at radius 1 is 1.50 bits per heavy atom. The van der Waals surface area contributed by atoms with Gasteiger partial charge in [-0.15, -0.1) is 0 Å². The van der Waals surface area contributed by atoms with Gasteiger partial charge < -0.3 is 15.2 Å². The summed E-state index contributed by atoms with van der Waals surface area (Å²) >= 11 is 0. The number of rotatable bonds is 5. The first-order valence-electron chi connectivity index (χ1n) is 6.54. The molecule has 1 fully saturated rings. The van der Waals surface area contributed by atoms with Gasteiger partial charge in [-0.1, -0.05) is 19.9 Å².